The summed E-state index contributed by atoms with van der Waals surface area (Å²) < 4.78 is 53.9. The first kappa shape index (κ1) is 16.3. The molecule has 0 bridgehead atoms. The molecule has 0 aromatic heterocycles. The van der Waals surface area contributed by atoms with Crippen LogP contribution in [0.15, 0.2) is 40.3 Å². The average Bonchev–Trinajstić information content (AvgIpc) is 3.09. The van der Waals surface area contributed by atoms with Gasteiger partial charge in [0.25, 0.3) is 0 Å². The molecular formula is C16H20N2O4S2. The molecule has 1 aromatic carbocycles. The maximum absolute atomic E-state index is 12.9. The van der Waals surface area contributed by atoms with Crippen LogP contribution in [0.3, 0.4) is 0 Å². The molecule has 130 valence electrons. The minimum atomic E-state index is -3.55. The quantitative estimate of drug-likeness (QED) is 0.790. The molecule has 1 aromatic rings. The first-order chi connectivity index (χ1) is 11.3. The summed E-state index contributed by atoms with van der Waals surface area (Å²) in [4.78, 5) is 0.293. The Bertz CT molecular complexity index is 917. The lowest BCUT2D eigenvalue weighted by Crippen LogP contribution is -2.31. The van der Waals surface area contributed by atoms with E-state index in [1.807, 2.05) is 6.92 Å². The summed E-state index contributed by atoms with van der Waals surface area (Å²) in [6.07, 6.45) is 1.24. The average molecular weight is 368 g/mol. The molecule has 6 nitrogen and oxygen atoms in total. The van der Waals surface area contributed by atoms with E-state index in [0.717, 1.165) is 16.7 Å². The Morgan fingerprint density at radius 3 is 2.58 bits per heavy atom. The van der Waals surface area contributed by atoms with Gasteiger partial charge >= 0.3 is 0 Å². The van der Waals surface area contributed by atoms with Crippen molar-refractivity contribution in [1.29, 1.82) is 0 Å². The highest BCUT2D eigenvalue weighted by molar-refractivity contribution is 7.90. The zero-order valence-electron chi connectivity index (χ0n) is 13.4. The second-order valence-electron chi connectivity index (χ2n) is 6.79. The summed E-state index contributed by atoms with van der Waals surface area (Å²) in [5.74, 6) is -0.0861. The topological polar surface area (TPSA) is 83.6 Å². The molecule has 8 heteroatoms. The molecule has 1 saturated heterocycles. The number of hydrogen-bond donors (Lipinski definition) is 1. The van der Waals surface area contributed by atoms with E-state index in [1.54, 1.807) is 24.3 Å². The number of nitrogens with zero attached hydrogens (tertiary/aromatic N) is 1. The van der Waals surface area contributed by atoms with Gasteiger partial charge in [0.15, 0.2) is 0 Å². The van der Waals surface area contributed by atoms with Gasteiger partial charge in [-0.1, -0.05) is 23.3 Å². The van der Waals surface area contributed by atoms with Gasteiger partial charge in [-0.15, -0.1) is 0 Å². The van der Waals surface area contributed by atoms with Crippen molar-refractivity contribution in [2.75, 3.05) is 19.6 Å². The van der Waals surface area contributed by atoms with E-state index in [1.165, 1.54) is 4.31 Å². The molecule has 3 aliphatic rings. The van der Waals surface area contributed by atoms with Gasteiger partial charge in [-0.2, -0.15) is 4.31 Å². The van der Waals surface area contributed by atoms with Gasteiger partial charge in [-0.05, 0) is 37.5 Å². The van der Waals surface area contributed by atoms with Gasteiger partial charge in [0.05, 0.1) is 10.1 Å². The van der Waals surface area contributed by atoms with Crippen LogP contribution in [0, 0.1) is 12.8 Å². The predicted molar refractivity (Wildman–Crippen MR) is 90.4 cm³/mol. The highest BCUT2D eigenvalue weighted by Gasteiger charge is 2.48. The van der Waals surface area contributed by atoms with E-state index in [2.05, 4.69) is 4.72 Å². The fourth-order valence-electron chi connectivity index (χ4n) is 4.00. The van der Waals surface area contributed by atoms with E-state index in [4.69, 9.17) is 0 Å². The molecule has 0 unspecified atom stereocenters. The highest BCUT2D eigenvalue weighted by atomic mass is 32.2. The van der Waals surface area contributed by atoms with Crippen molar-refractivity contribution in [1.82, 2.24) is 9.03 Å². The number of aryl methyl sites for hydroxylation is 1. The van der Waals surface area contributed by atoms with Crippen LogP contribution in [0.25, 0.3) is 0 Å². The highest BCUT2D eigenvalue weighted by Crippen LogP contribution is 2.41. The van der Waals surface area contributed by atoms with Gasteiger partial charge in [0, 0.05) is 25.6 Å². The minimum absolute atomic E-state index is 0.0861. The molecular weight excluding hydrogens is 348 g/mol. The van der Waals surface area contributed by atoms with Gasteiger partial charge in [-0.25, -0.2) is 21.6 Å². The number of rotatable bonds is 2. The molecule has 1 aliphatic carbocycles. The molecule has 0 amide bonds. The monoisotopic (exact) mass is 368 g/mol. The van der Waals surface area contributed by atoms with Crippen LogP contribution < -0.4 is 4.72 Å². The maximum Gasteiger partial charge on any atom is 0.243 e. The van der Waals surface area contributed by atoms with Gasteiger partial charge < -0.3 is 0 Å². The van der Waals surface area contributed by atoms with Crippen LogP contribution in [-0.2, 0) is 20.0 Å². The van der Waals surface area contributed by atoms with Gasteiger partial charge in [-0.3, -0.25) is 0 Å². The SMILES string of the molecule is Cc1ccc(S(=O)(=O)N2CC3=C(C2)[C@@H]2CNS(=O)(=O)[C@@H]2CC3)cc1. The summed E-state index contributed by atoms with van der Waals surface area (Å²) in [7, 11) is -6.80. The minimum Gasteiger partial charge on any atom is -0.214 e. The van der Waals surface area contributed by atoms with E-state index in [-0.39, 0.29) is 5.92 Å². The van der Waals surface area contributed by atoms with Crippen LogP contribution in [0.2, 0.25) is 0 Å². The van der Waals surface area contributed by atoms with E-state index in [9.17, 15) is 16.8 Å². The predicted octanol–water partition coefficient (Wildman–Crippen LogP) is 1.01. The van der Waals surface area contributed by atoms with Crippen molar-refractivity contribution in [3.05, 3.63) is 41.0 Å². The summed E-state index contributed by atoms with van der Waals surface area (Å²) >= 11 is 0. The van der Waals surface area contributed by atoms with Crippen molar-refractivity contribution < 1.29 is 16.8 Å². The molecule has 0 saturated carbocycles. The zero-order chi connectivity index (χ0) is 17.1. The summed E-state index contributed by atoms with van der Waals surface area (Å²) in [5.41, 5.74) is 3.12. The summed E-state index contributed by atoms with van der Waals surface area (Å²) in [6, 6.07) is 6.85. The van der Waals surface area contributed by atoms with Crippen molar-refractivity contribution in [3.8, 4) is 0 Å². The molecule has 1 N–H and O–H groups in total. The second kappa shape index (κ2) is 5.39. The first-order valence-corrected chi connectivity index (χ1v) is 11.0. The van der Waals surface area contributed by atoms with Crippen molar-refractivity contribution >= 4 is 20.0 Å². The molecule has 0 spiro atoms. The van der Waals surface area contributed by atoms with Crippen molar-refractivity contribution in [3.63, 3.8) is 0 Å². The van der Waals surface area contributed by atoms with Crippen LogP contribution in [-0.4, -0.2) is 46.0 Å². The molecule has 2 aliphatic heterocycles. The third-order valence-electron chi connectivity index (χ3n) is 5.36. The van der Waals surface area contributed by atoms with Crippen LogP contribution in [0.5, 0.6) is 0 Å². The lowest BCUT2D eigenvalue weighted by molar-refractivity contribution is 0.472. The summed E-state index contributed by atoms with van der Waals surface area (Å²) in [6.45, 7) is 3.00. The smallest absolute Gasteiger partial charge is 0.214 e. The lowest BCUT2D eigenvalue weighted by Gasteiger charge is -2.24. The Morgan fingerprint density at radius 1 is 1.17 bits per heavy atom. The summed E-state index contributed by atoms with van der Waals surface area (Å²) in [5, 5.41) is -0.404. The van der Waals surface area contributed by atoms with Crippen LogP contribution in [0.4, 0.5) is 0 Å². The van der Waals surface area contributed by atoms with Crippen molar-refractivity contribution in [2.45, 2.75) is 29.9 Å². The third-order valence-corrected chi connectivity index (χ3v) is 9.09. The molecule has 2 atom stereocenters. The van der Waals surface area contributed by atoms with Crippen LogP contribution >= 0.6 is 0 Å². The van der Waals surface area contributed by atoms with Crippen molar-refractivity contribution in [2.24, 2.45) is 5.92 Å². The normalized spacial score (nSPS) is 29.5. The molecule has 2 heterocycles. The number of hydrogen-bond acceptors (Lipinski definition) is 4. The van der Waals surface area contributed by atoms with Gasteiger partial charge in [0.1, 0.15) is 0 Å². The lowest BCUT2D eigenvalue weighted by atomic mass is 9.84. The van der Waals surface area contributed by atoms with Crippen LogP contribution in [0.1, 0.15) is 18.4 Å². The number of benzene rings is 1. The standard InChI is InChI=1S/C16H20N2O4S2/c1-11-2-5-13(6-3-11)24(21,22)18-9-12-4-7-16-14(15(12)10-18)8-17-23(16,19)20/h2-3,5-6,14,16-17H,4,7-10H2,1H3/t14-,16+/m0/s1. The van der Waals surface area contributed by atoms with E-state index < -0.39 is 25.3 Å². The largest absolute Gasteiger partial charge is 0.243 e. The Hall–Kier alpha value is -1.22. The Kier molecular flexibility index (Phi) is 3.65. The number of fused-ring (bicyclic) bond motifs is 2. The fraction of sp³-hybridized carbons (Fsp3) is 0.500. The second-order valence-corrected chi connectivity index (χ2v) is 10.7. The molecule has 4 rings (SSSR count). The van der Waals surface area contributed by atoms with E-state index >= 15 is 0 Å². The first-order valence-electron chi connectivity index (χ1n) is 8.05. The molecule has 24 heavy (non-hydrogen) atoms. The molecule has 0 radical (unpaired) electrons. The fourth-order valence-corrected chi connectivity index (χ4v) is 7.16. The Balaban J connectivity index is 1.61. The number of nitrogens with one attached hydrogen (secondary N) is 1. The zero-order valence-corrected chi connectivity index (χ0v) is 15.0. The Labute approximate surface area is 142 Å². The maximum atomic E-state index is 12.9. The van der Waals surface area contributed by atoms with Gasteiger partial charge in [0.2, 0.25) is 20.0 Å². The Morgan fingerprint density at radius 2 is 1.88 bits per heavy atom. The third kappa shape index (κ3) is 2.44. The number of sulfonamides is 2. The van der Waals surface area contributed by atoms with E-state index in [0.29, 0.717) is 37.4 Å². The molecule has 1 fully saturated rings.